The molecule has 19 heavy (non-hydrogen) atoms. The Balaban J connectivity index is 1.91. The predicted molar refractivity (Wildman–Crippen MR) is 88.2 cm³/mol. The minimum Gasteiger partial charge on any atom is -0.360 e. The average Bonchev–Trinajstić information content (AvgIpc) is 2.79. The van der Waals surface area contributed by atoms with E-state index in [-0.39, 0.29) is 0 Å². The van der Waals surface area contributed by atoms with Crippen LogP contribution < -0.4 is 5.32 Å². The Labute approximate surface area is 127 Å². The third-order valence-electron chi connectivity index (χ3n) is 3.43. The summed E-state index contributed by atoms with van der Waals surface area (Å²) >= 11 is 5.20. The average molecular weight is 342 g/mol. The Morgan fingerprint density at radius 2 is 2.26 bits per heavy atom. The number of thiazole rings is 1. The molecule has 0 bridgehead atoms. The number of fused-ring (bicyclic) bond motifs is 1. The van der Waals surface area contributed by atoms with Gasteiger partial charge in [0.05, 0.1) is 10.2 Å². The monoisotopic (exact) mass is 341 g/mol. The molecule has 0 amide bonds. The van der Waals surface area contributed by atoms with Gasteiger partial charge in [-0.2, -0.15) is 0 Å². The van der Waals surface area contributed by atoms with E-state index >= 15 is 0 Å². The maximum atomic E-state index is 4.58. The molecule has 0 radical (unpaired) electrons. The van der Waals surface area contributed by atoms with Crippen molar-refractivity contribution in [3.05, 3.63) is 22.7 Å². The highest BCUT2D eigenvalue weighted by molar-refractivity contribution is 9.10. The first kappa shape index (κ1) is 14.8. The van der Waals surface area contributed by atoms with Crippen molar-refractivity contribution in [1.29, 1.82) is 0 Å². The molecule has 2 aromatic rings. The standard InChI is InChI=1S/C14H20BrN3S/c1-4-10(2)18(3)8-7-16-14-17-12-6-5-11(15)9-13(12)19-14/h5-6,9-10H,4,7-8H2,1-3H3,(H,16,17). The zero-order valence-corrected chi connectivity index (χ0v) is 14.0. The van der Waals surface area contributed by atoms with Crippen LogP contribution in [0.4, 0.5) is 5.13 Å². The molecule has 5 heteroatoms. The van der Waals surface area contributed by atoms with Crippen LogP contribution >= 0.6 is 27.3 Å². The molecule has 104 valence electrons. The largest absolute Gasteiger partial charge is 0.360 e. The van der Waals surface area contributed by atoms with E-state index in [1.165, 1.54) is 11.1 Å². The fourth-order valence-electron chi connectivity index (χ4n) is 1.85. The van der Waals surface area contributed by atoms with Crippen molar-refractivity contribution in [3.63, 3.8) is 0 Å². The van der Waals surface area contributed by atoms with Gasteiger partial charge in [-0.05, 0) is 38.6 Å². The Kier molecular flexibility index (Phi) is 5.19. The van der Waals surface area contributed by atoms with Gasteiger partial charge in [-0.25, -0.2) is 4.98 Å². The molecule has 0 aliphatic heterocycles. The Morgan fingerprint density at radius 3 is 3.00 bits per heavy atom. The summed E-state index contributed by atoms with van der Waals surface area (Å²) in [5.74, 6) is 0. The Bertz CT molecular complexity index is 540. The molecule has 1 aromatic carbocycles. The van der Waals surface area contributed by atoms with Crippen LogP contribution in [0.1, 0.15) is 20.3 Å². The van der Waals surface area contributed by atoms with E-state index in [1.54, 1.807) is 11.3 Å². The van der Waals surface area contributed by atoms with Gasteiger partial charge in [0.2, 0.25) is 0 Å². The van der Waals surface area contributed by atoms with Crippen LogP contribution in [0.15, 0.2) is 22.7 Å². The van der Waals surface area contributed by atoms with Crippen molar-refractivity contribution in [2.24, 2.45) is 0 Å². The number of rotatable bonds is 6. The van der Waals surface area contributed by atoms with Gasteiger partial charge < -0.3 is 10.2 Å². The molecule has 1 atom stereocenters. The van der Waals surface area contributed by atoms with E-state index in [2.05, 4.69) is 58.1 Å². The molecule has 0 aliphatic rings. The SMILES string of the molecule is CCC(C)N(C)CCNc1nc2ccc(Br)cc2s1. The van der Waals surface area contributed by atoms with Crippen LogP contribution in [-0.4, -0.2) is 36.1 Å². The zero-order valence-electron chi connectivity index (χ0n) is 11.6. The second kappa shape index (κ2) is 6.68. The fourth-order valence-corrected chi connectivity index (χ4v) is 3.29. The molecular formula is C14H20BrN3S. The van der Waals surface area contributed by atoms with E-state index in [0.29, 0.717) is 6.04 Å². The van der Waals surface area contributed by atoms with Crippen molar-refractivity contribution >= 4 is 42.6 Å². The summed E-state index contributed by atoms with van der Waals surface area (Å²) in [6.45, 7) is 6.45. The maximum absolute atomic E-state index is 4.58. The highest BCUT2D eigenvalue weighted by Crippen LogP contribution is 2.28. The van der Waals surface area contributed by atoms with Crippen molar-refractivity contribution in [1.82, 2.24) is 9.88 Å². The first-order valence-electron chi connectivity index (χ1n) is 6.60. The highest BCUT2D eigenvalue weighted by Gasteiger charge is 2.07. The summed E-state index contributed by atoms with van der Waals surface area (Å²) in [4.78, 5) is 6.96. The van der Waals surface area contributed by atoms with Gasteiger partial charge in [0, 0.05) is 23.6 Å². The summed E-state index contributed by atoms with van der Waals surface area (Å²) in [6.07, 6.45) is 1.19. The van der Waals surface area contributed by atoms with Gasteiger partial charge in [0.25, 0.3) is 0 Å². The highest BCUT2D eigenvalue weighted by atomic mass is 79.9. The van der Waals surface area contributed by atoms with Crippen LogP contribution in [0.5, 0.6) is 0 Å². The van der Waals surface area contributed by atoms with Crippen molar-refractivity contribution in [2.75, 3.05) is 25.5 Å². The first-order valence-corrected chi connectivity index (χ1v) is 8.21. The fraction of sp³-hybridized carbons (Fsp3) is 0.500. The molecule has 1 heterocycles. The van der Waals surface area contributed by atoms with Crippen molar-refractivity contribution in [3.8, 4) is 0 Å². The number of nitrogens with zero attached hydrogens (tertiary/aromatic N) is 2. The number of likely N-dealkylation sites (N-methyl/N-ethyl adjacent to an activating group) is 1. The van der Waals surface area contributed by atoms with Crippen LogP contribution in [0.3, 0.4) is 0 Å². The van der Waals surface area contributed by atoms with Crippen LogP contribution in [0, 0.1) is 0 Å². The van der Waals surface area contributed by atoms with E-state index in [0.717, 1.165) is 28.2 Å². The van der Waals surface area contributed by atoms with Crippen LogP contribution in [0.2, 0.25) is 0 Å². The van der Waals surface area contributed by atoms with E-state index in [1.807, 2.05) is 12.1 Å². The summed E-state index contributed by atoms with van der Waals surface area (Å²) in [5.41, 5.74) is 1.06. The quantitative estimate of drug-likeness (QED) is 0.853. The van der Waals surface area contributed by atoms with Gasteiger partial charge >= 0.3 is 0 Å². The predicted octanol–water partition coefficient (Wildman–Crippen LogP) is 4.20. The van der Waals surface area contributed by atoms with Gasteiger partial charge in [-0.3, -0.25) is 0 Å². The lowest BCUT2D eigenvalue weighted by atomic mass is 10.2. The minimum atomic E-state index is 0.633. The third kappa shape index (κ3) is 3.91. The number of benzene rings is 1. The van der Waals surface area contributed by atoms with Gasteiger partial charge in [0.1, 0.15) is 0 Å². The molecule has 0 saturated heterocycles. The van der Waals surface area contributed by atoms with Crippen LogP contribution in [-0.2, 0) is 0 Å². The number of anilines is 1. The van der Waals surface area contributed by atoms with E-state index in [9.17, 15) is 0 Å². The zero-order chi connectivity index (χ0) is 13.8. The second-order valence-corrected chi connectivity index (χ2v) is 6.74. The first-order chi connectivity index (χ1) is 9.10. The normalized spacial score (nSPS) is 13.1. The maximum Gasteiger partial charge on any atom is 0.183 e. The minimum absolute atomic E-state index is 0.633. The lowest BCUT2D eigenvalue weighted by Gasteiger charge is -2.23. The molecule has 2 rings (SSSR count). The molecular weight excluding hydrogens is 322 g/mol. The second-order valence-electron chi connectivity index (χ2n) is 4.80. The number of hydrogen-bond acceptors (Lipinski definition) is 4. The number of nitrogens with one attached hydrogen (secondary N) is 1. The third-order valence-corrected chi connectivity index (χ3v) is 4.90. The van der Waals surface area contributed by atoms with Gasteiger partial charge in [-0.15, -0.1) is 0 Å². The van der Waals surface area contributed by atoms with Gasteiger partial charge in [-0.1, -0.05) is 34.2 Å². The number of aromatic nitrogens is 1. The summed E-state index contributed by atoms with van der Waals surface area (Å²) in [7, 11) is 2.17. The number of hydrogen-bond donors (Lipinski definition) is 1. The van der Waals surface area contributed by atoms with Crippen LogP contribution in [0.25, 0.3) is 10.2 Å². The smallest absolute Gasteiger partial charge is 0.183 e. The number of halogens is 1. The molecule has 0 fully saturated rings. The molecule has 0 spiro atoms. The lowest BCUT2D eigenvalue weighted by molar-refractivity contribution is 0.261. The molecule has 1 aromatic heterocycles. The summed E-state index contributed by atoms with van der Waals surface area (Å²) in [5, 5.41) is 4.42. The Hall–Kier alpha value is -0.650. The summed E-state index contributed by atoms with van der Waals surface area (Å²) in [6, 6.07) is 6.83. The topological polar surface area (TPSA) is 28.2 Å². The molecule has 1 unspecified atom stereocenters. The van der Waals surface area contributed by atoms with Crippen molar-refractivity contribution < 1.29 is 0 Å². The lowest BCUT2D eigenvalue weighted by Crippen LogP contribution is -2.32. The van der Waals surface area contributed by atoms with Gasteiger partial charge in [0.15, 0.2) is 5.13 Å². The molecule has 3 nitrogen and oxygen atoms in total. The summed E-state index contributed by atoms with van der Waals surface area (Å²) < 4.78 is 2.32. The molecule has 0 saturated carbocycles. The van der Waals surface area contributed by atoms with Crippen molar-refractivity contribution in [2.45, 2.75) is 26.3 Å². The van der Waals surface area contributed by atoms with E-state index < -0.39 is 0 Å². The Morgan fingerprint density at radius 1 is 1.47 bits per heavy atom. The molecule has 0 aliphatic carbocycles. The van der Waals surface area contributed by atoms with E-state index in [4.69, 9.17) is 0 Å². The molecule has 1 N–H and O–H groups in total.